The molecule has 3 heterocycles. The number of nitrogens with zero attached hydrogens (tertiary/aromatic N) is 2. The van der Waals surface area contributed by atoms with E-state index in [2.05, 4.69) is 16.5 Å². The van der Waals surface area contributed by atoms with E-state index in [1.54, 1.807) is 12.1 Å². The van der Waals surface area contributed by atoms with Gasteiger partial charge in [-0.15, -0.1) is 0 Å². The van der Waals surface area contributed by atoms with Gasteiger partial charge in [0.2, 0.25) is 0 Å². The normalized spacial score (nSPS) is 22.1. The molecular weight excluding hydrogens is 330 g/mol. The Morgan fingerprint density at radius 3 is 2.58 bits per heavy atom. The van der Waals surface area contributed by atoms with Gasteiger partial charge in [0, 0.05) is 41.6 Å². The van der Waals surface area contributed by atoms with Gasteiger partial charge in [-0.05, 0) is 67.8 Å². The van der Waals surface area contributed by atoms with Crippen LogP contribution >= 0.6 is 0 Å². The van der Waals surface area contributed by atoms with Crippen LogP contribution in [0.1, 0.15) is 35.7 Å². The summed E-state index contributed by atoms with van der Waals surface area (Å²) in [6.45, 7) is 0.840. The maximum Gasteiger partial charge on any atom is 0.123 e. The minimum atomic E-state index is -0.201. The van der Waals surface area contributed by atoms with Crippen molar-refractivity contribution in [2.45, 2.75) is 44.3 Å². The van der Waals surface area contributed by atoms with Crippen LogP contribution in [0.2, 0.25) is 0 Å². The van der Waals surface area contributed by atoms with Crippen molar-refractivity contribution < 1.29 is 8.78 Å². The molecule has 0 radical (unpaired) electrons. The van der Waals surface area contributed by atoms with E-state index in [-0.39, 0.29) is 11.6 Å². The minimum Gasteiger partial charge on any atom is -0.344 e. The Balaban J connectivity index is 1.59. The average Bonchev–Trinajstić information content (AvgIpc) is 3.04. The summed E-state index contributed by atoms with van der Waals surface area (Å²) in [5, 5.41) is 1.07. The predicted molar refractivity (Wildman–Crippen MR) is 99.2 cm³/mol. The van der Waals surface area contributed by atoms with Gasteiger partial charge < -0.3 is 4.57 Å². The molecule has 0 saturated carbocycles. The largest absolute Gasteiger partial charge is 0.344 e. The van der Waals surface area contributed by atoms with E-state index in [1.807, 2.05) is 18.2 Å². The molecule has 2 nitrogen and oxygen atoms in total. The van der Waals surface area contributed by atoms with E-state index in [4.69, 9.17) is 0 Å². The van der Waals surface area contributed by atoms with Crippen molar-refractivity contribution in [1.82, 2.24) is 9.47 Å². The lowest BCUT2D eigenvalue weighted by Crippen LogP contribution is -2.34. The summed E-state index contributed by atoms with van der Waals surface area (Å²) in [5.41, 5.74) is 4.95. The number of halogens is 2. The van der Waals surface area contributed by atoms with Gasteiger partial charge in [-0.2, -0.15) is 0 Å². The van der Waals surface area contributed by atoms with Crippen molar-refractivity contribution in [3.63, 3.8) is 0 Å². The zero-order valence-electron chi connectivity index (χ0n) is 14.9. The van der Waals surface area contributed by atoms with Crippen molar-refractivity contribution in [2.24, 2.45) is 0 Å². The van der Waals surface area contributed by atoms with E-state index in [0.29, 0.717) is 12.1 Å². The predicted octanol–water partition coefficient (Wildman–Crippen LogP) is 4.85. The number of hydrogen-bond acceptors (Lipinski definition) is 1. The first-order valence-electron chi connectivity index (χ1n) is 9.38. The number of likely N-dealkylation sites (N-methyl/N-ethyl adjacent to an activating group) is 1. The van der Waals surface area contributed by atoms with E-state index in [1.165, 1.54) is 29.8 Å². The fraction of sp³-hybridized carbons (Fsp3) is 0.364. The molecule has 0 aliphatic carbocycles. The molecule has 134 valence electrons. The summed E-state index contributed by atoms with van der Waals surface area (Å²) < 4.78 is 29.5. The minimum absolute atomic E-state index is 0.168. The quantitative estimate of drug-likeness (QED) is 0.654. The van der Waals surface area contributed by atoms with Crippen molar-refractivity contribution in [1.29, 1.82) is 0 Å². The molecule has 1 saturated heterocycles. The molecule has 1 aromatic heterocycles. The topological polar surface area (TPSA) is 8.17 Å². The van der Waals surface area contributed by atoms with Crippen molar-refractivity contribution in [3.05, 3.63) is 70.9 Å². The molecule has 2 aliphatic heterocycles. The molecule has 4 heteroatoms. The van der Waals surface area contributed by atoms with E-state index < -0.39 is 0 Å². The summed E-state index contributed by atoms with van der Waals surface area (Å²) in [4.78, 5) is 2.47. The van der Waals surface area contributed by atoms with Crippen LogP contribution in [0.25, 0.3) is 10.9 Å². The van der Waals surface area contributed by atoms with Gasteiger partial charge in [0.25, 0.3) is 0 Å². The van der Waals surface area contributed by atoms with Gasteiger partial charge in [-0.1, -0.05) is 12.1 Å². The first kappa shape index (κ1) is 16.0. The second kappa shape index (κ2) is 5.92. The Morgan fingerprint density at radius 2 is 1.77 bits per heavy atom. The number of fused-ring (bicyclic) bond motifs is 6. The fourth-order valence-electron chi connectivity index (χ4n) is 4.97. The van der Waals surface area contributed by atoms with Crippen LogP contribution in [-0.2, 0) is 19.4 Å². The molecule has 2 aliphatic rings. The van der Waals surface area contributed by atoms with Crippen molar-refractivity contribution >= 4 is 10.9 Å². The van der Waals surface area contributed by atoms with Gasteiger partial charge in [0.05, 0.1) is 0 Å². The average molecular weight is 352 g/mol. The number of rotatable bonds is 3. The standard InChI is InChI=1S/C22H22F2N2/c1-25-17-7-9-20(25)22-18-12-16(24)6-8-19(18)26(21(22)13-17)11-10-14-2-4-15(23)5-3-14/h2-6,8,12,17,20H,7,9-11,13H2,1H3/t17-,20+/m1/s1. The summed E-state index contributed by atoms with van der Waals surface area (Å²) in [6.07, 6.45) is 4.24. The number of aryl methyl sites for hydroxylation is 2. The second-order valence-corrected chi connectivity index (χ2v) is 7.67. The molecular formula is C22H22F2N2. The molecule has 0 unspecified atom stereocenters. The molecule has 2 aromatic carbocycles. The Kier molecular flexibility index (Phi) is 3.64. The zero-order chi connectivity index (χ0) is 17.8. The third-order valence-electron chi connectivity index (χ3n) is 6.32. The monoisotopic (exact) mass is 352 g/mol. The highest BCUT2D eigenvalue weighted by molar-refractivity contribution is 5.86. The van der Waals surface area contributed by atoms with E-state index >= 15 is 0 Å². The maximum atomic E-state index is 14.0. The Morgan fingerprint density at radius 1 is 1.00 bits per heavy atom. The van der Waals surface area contributed by atoms with E-state index in [9.17, 15) is 8.78 Å². The molecule has 0 amide bonds. The Bertz CT molecular complexity index is 974. The third-order valence-corrected chi connectivity index (χ3v) is 6.32. The second-order valence-electron chi connectivity index (χ2n) is 7.67. The Labute approximate surface area is 152 Å². The molecule has 2 atom stereocenters. The van der Waals surface area contributed by atoms with Gasteiger partial charge in [-0.3, -0.25) is 4.90 Å². The van der Waals surface area contributed by atoms with Crippen LogP contribution in [-0.4, -0.2) is 22.6 Å². The number of aromatic nitrogens is 1. The summed E-state index contributed by atoms with van der Waals surface area (Å²) in [7, 11) is 2.20. The first-order chi connectivity index (χ1) is 12.6. The molecule has 3 aromatic rings. The lowest BCUT2D eigenvalue weighted by molar-refractivity contribution is 0.222. The van der Waals surface area contributed by atoms with Crippen molar-refractivity contribution in [2.75, 3.05) is 7.05 Å². The number of benzene rings is 2. The molecule has 2 bridgehead atoms. The van der Waals surface area contributed by atoms with Crippen LogP contribution in [0, 0.1) is 11.6 Å². The van der Waals surface area contributed by atoms with Crippen LogP contribution < -0.4 is 0 Å². The van der Waals surface area contributed by atoms with Gasteiger partial charge >= 0.3 is 0 Å². The van der Waals surface area contributed by atoms with Gasteiger partial charge in [0.1, 0.15) is 11.6 Å². The number of hydrogen-bond donors (Lipinski definition) is 0. The molecule has 26 heavy (non-hydrogen) atoms. The third kappa shape index (κ3) is 2.39. The molecule has 5 rings (SSSR count). The first-order valence-corrected chi connectivity index (χ1v) is 9.38. The maximum absolute atomic E-state index is 14.0. The van der Waals surface area contributed by atoms with E-state index in [0.717, 1.165) is 42.3 Å². The highest BCUT2D eigenvalue weighted by Gasteiger charge is 2.40. The van der Waals surface area contributed by atoms with Crippen LogP contribution in [0.4, 0.5) is 8.78 Å². The summed E-state index contributed by atoms with van der Waals surface area (Å²) in [6, 6.07) is 12.9. The summed E-state index contributed by atoms with van der Waals surface area (Å²) >= 11 is 0. The highest BCUT2D eigenvalue weighted by atomic mass is 19.1. The molecule has 0 N–H and O–H groups in total. The van der Waals surface area contributed by atoms with Gasteiger partial charge in [-0.25, -0.2) is 8.78 Å². The van der Waals surface area contributed by atoms with Crippen LogP contribution in [0.3, 0.4) is 0 Å². The SMILES string of the molecule is CN1[C@@H]2CC[C@H]1c1c(n(CCc3ccc(F)cc3)c3ccc(F)cc13)C2. The van der Waals surface area contributed by atoms with Gasteiger partial charge in [0.15, 0.2) is 0 Å². The van der Waals surface area contributed by atoms with Crippen molar-refractivity contribution in [3.8, 4) is 0 Å². The lowest BCUT2D eigenvalue weighted by Gasteiger charge is -2.32. The Hall–Kier alpha value is -2.20. The summed E-state index contributed by atoms with van der Waals surface area (Å²) in [5.74, 6) is -0.369. The molecule has 0 spiro atoms. The molecule has 1 fully saturated rings. The fourth-order valence-corrected chi connectivity index (χ4v) is 4.97. The zero-order valence-corrected chi connectivity index (χ0v) is 14.9. The van der Waals surface area contributed by atoms with Crippen LogP contribution in [0.15, 0.2) is 42.5 Å². The van der Waals surface area contributed by atoms with Crippen LogP contribution in [0.5, 0.6) is 0 Å². The smallest absolute Gasteiger partial charge is 0.123 e. The lowest BCUT2D eigenvalue weighted by atomic mass is 9.97. The highest BCUT2D eigenvalue weighted by Crippen LogP contribution is 2.46.